The smallest absolute Gasteiger partial charge is 0.251 e. The molecule has 0 bridgehead atoms. The molecule has 2 aromatic carbocycles. The fourth-order valence-corrected chi connectivity index (χ4v) is 2.51. The van der Waals surface area contributed by atoms with Gasteiger partial charge in [-0.05, 0) is 61.7 Å². The molecule has 0 saturated heterocycles. The van der Waals surface area contributed by atoms with Gasteiger partial charge in [0.2, 0.25) is 0 Å². The molecule has 1 aliphatic rings. The maximum absolute atomic E-state index is 12.2. The lowest BCUT2D eigenvalue weighted by Gasteiger charge is -2.13. The van der Waals surface area contributed by atoms with Gasteiger partial charge in [-0.25, -0.2) is 0 Å². The van der Waals surface area contributed by atoms with E-state index in [9.17, 15) is 4.79 Å². The van der Waals surface area contributed by atoms with E-state index in [-0.39, 0.29) is 5.91 Å². The molecule has 5 heteroatoms. The second-order valence-electron chi connectivity index (χ2n) is 5.97. The highest BCUT2D eigenvalue weighted by Crippen LogP contribution is 2.25. The zero-order valence-electron chi connectivity index (χ0n) is 13.8. The Labute approximate surface area is 146 Å². The molecule has 1 N–H and O–H groups in total. The van der Waals surface area contributed by atoms with Crippen LogP contribution in [0.25, 0.3) is 0 Å². The van der Waals surface area contributed by atoms with Crippen molar-refractivity contribution in [2.24, 2.45) is 0 Å². The fraction of sp³-hybridized carbons (Fsp3) is 0.316. The molecule has 3 rings (SSSR count). The summed E-state index contributed by atoms with van der Waals surface area (Å²) in [6, 6.07) is 11.2. The highest BCUT2D eigenvalue weighted by Gasteiger charge is 2.24. The fourth-order valence-electron chi connectivity index (χ4n) is 2.40. The minimum Gasteiger partial charge on any atom is -0.496 e. The van der Waals surface area contributed by atoms with Crippen LogP contribution in [-0.2, 0) is 6.61 Å². The van der Waals surface area contributed by atoms with Crippen molar-refractivity contribution >= 4 is 17.5 Å². The van der Waals surface area contributed by atoms with E-state index in [0.29, 0.717) is 29.0 Å². The van der Waals surface area contributed by atoms with Gasteiger partial charge in [-0.1, -0.05) is 11.6 Å². The van der Waals surface area contributed by atoms with Crippen LogP contribution in [0.15, 0.2) is 36.4 Å². The molecule has 1 saturated carbocycles. The predicted molar refractivity (Wildman–Crippen MR) is 94.0 cm³/mol. The second kappa shape index (κ2) is 7.14. The zero-order valence-corrected chi connectivity index (χ0v) is 14.5. The molecule has 1 aliphatic carbocycles. The van der Waals surface area contributed by atoms with Gasteiger partial charge in [0.1, 0.15) is 18.1 Å². The number of methoxy groups -OCH3 is 1. The van der Waals surface area contributed by atoms with Gasteiger partial charge in [-0.2, -0.15) is 0 Å². The third-order valence-electron chi connectivity index (χ3n) is 3.98. The van der Waals surface area contributed by atoms with Crippen molar-refractivity contribution < 1.29 is 14.3 Å². The van der Waals surface area contributed by atoms with Gasteiger partial charge in [-0.15, -0.1) is 0 Å². The van der Waals surface area contributed by atoms with Crippen molar-refractivity contribution in [2.45, 2.75) is 32.4 Å². The van der Waals surface area contributed by atoms with Crippen molar-refractivity contribution in [3.8, 4) is 11.5 Å². The molecule has 24 heavy (non-hydrogen) atoms. The van der Waals surface area contributed by atoms with Crippen LogP contribution in [0.2, 0.25) is 5.02 Å². The largest absolute Gasteiger partial charge is 0.496 e. The summed E-state index contributed by atoms with van der Waals surface area (Å²) in [7, 11) is 1.61. The Morgan fingerprint density at radius 1 is 1.25 bits per heavy atom. The molecule has 0 heterocycles. The van der Waals surface area contributed by atoms with Crippen LogP contribution in [0.5, 0.6) is 11.5 Å². The molecule has 4 nitrogen and oxygen atoms in total. The summed E-state index contributed by atoms with van der Waals surface area (Å²) in [6.07, 6.45) is 2.13. The molecule has 0 aromatic heterocycles. The minimum atomic E-state index is -0.0521. The van der Waals surface area contributed by atoms with E-state index in [1.807, 2.05) is 31.2 Å². The Hall–Kier alpha value is -2.20. The number of halogens is 1. The lowest BCUT2D eigenvalue weighted by molar-refractivity contribution is 0.0951. The van der Waals surface area contributed by atoms with Gasteiger partial charge in [-0.3, -0.25) is 4.79 Å². The molecule has 1 fully saturated rings. The lowest BCUT2D eigenvalue weighted by atomic mass is 10.1. The number of hydrogen-bond acceptors (Lipinski definition) is 3. The van der Waals surface area contributed by atoms with Crippen LogP contribution >= 0.6 is 11.6 Å². The first-order valence-corrected chi connectivity index (χ1v) is 8.31. The molecule has 0 spiro atoms. The van der Waals surface area contributed by atoms with Gasteiger partial charge >= 0.3 is 0 Å². The summed E-state index contributed by atoms with van der Waals surface area (Å²) in [4.78, 5) is 12.2. The molecule has 0 aliphatic heterocycles. The van der Waals surface area contributed by atoms with Crippen molar-refractivity contribution in [3.63, 3.8) is 0 Å². The SMILES string of the molecule is COc1ccc(C(=O)NC2CC2)cc1COc1ccc(Cl)c(C)c1. The van der Waals surface area contributed by atoms with Gasteiger partial charge in [0.05, 0.1) is 7.11 Å². The average molecular weight is 346 g/mol. The van der Waals surface area contributed by atoms with E-state index in [0.717, 1.165) is 29.7 Å². The number of ether oxygens (including phenoxy) is 2. The van der Waals surface area contributed by atoms with Crippen LogP contribution < -0.4 is 14.8 Å². The van der Waals surface area contributed by atoms with Gasteiger partial charge in [0, 0.05) is 22.2 Å². The van der Waals surface area contributed by atoms with Gasteiger partial charge in [0.15, 0.2) is 0 Å². The molecule has 0 radical (unpaired) electrons. The number of nitrogens with one attached hydrogen (secondary N) is 1. The number of carbonyl (C=O) groups is 1. The number of benzene rings is 2. The van der Waals surface area contributed by atoms with Crippen molar-refractivity contribution in [1.82, 2.24) is 5.32 Å². The van der Waals surface area contributed by atoms with E-state index in [4.69, 9.17) is 21.1 Å². The van der Waals surface area contributed by atoms with Crippen molar-refractivity contribution in [1.29, 1.82) is 0 Å². The monoisotopic (exact) mass is 345 g/mol. The summed E-state index contributed by atoms with van der Waals surface area (Å²) >= 11 is 6.03. The lowest BCUT2D eigenvalue weighted by Crippen LogP contribution is -2.25. The summed E-state index contributed by atoms with van der Waals surface area (Å²) in [5, 5.41) is 3.69. The predicted octanol–water partition coefficient (Wildman–Crippen LogP) is 4.13. The first kappa shape index (κ1) is 16.7. The Bertz CT molecular complexity index is 756. The standard InChI is InChI=1S/C19H20ClNO3/c1-12-9-16(6-7-17(12)20)24-11-14-10-13(3-8-18(14)23-2)19(22)21-15-4-5-15/h3,6-10,15H,4-5,11H2,1-2H3,(H,21,22). The van der Waals surface area contributed by atoms with Crippen LogP contribution in [-0.4, -0.2) is 19.1 Å². The molecule has 0 unspecified atom stereocenters. The molecular weight excluding hydrogens is 326 g/mol. The second-order valence-corrected chi connectivity index (χ2v) is 6.38. The highest BCUT2D eigenvalue weighted by molar-refractivity contribution is 6.31. The van der Waals surface area contributed by atoms with E-state index < -0.39 is 0 Å². The van der Waals surface area contributed by atoms with Crippen molar-refractivity contribution in [2.75, 3.05) is 7.11 Å². The van der Waals surface area contributed by atoms with Crippen LogP contribution in [0.1, 0.15) is 34.3 Å². The summed E-state index contributed by atoms with van der Waals surface area (Å²) in [6.45, 7) is 2.24. The summed E-state index contributed by atoms with van der Waals surface area (Å²) < 4.78 is 11.2. The average Bonchev–Trinajstić information content (AvgIpc) is 3.39. The maximum Gasteiger partial charge on any atom is 0.251 e. The molecule has 2 aromatic rings. The highest BCUT2D eigenvalue weighted by atomic mass is 35.5. The molecule has 126 valence electrons. The third-order valence-corrected chi connectivity index (χ3v) is 4.40. The van der Waals surface area contributed by atoms with Gasteiger partial charge < -0.3 is 14.8 Å². The van der Waals surface area contributed by atoms with Crippen LogP contribution in [0, 0.1) is 6.92 Å². The zero-order chi connectivity index (χ0) is 17.1. The van der Waals surface area contributed by atoms with Crippen LogP contribution in [0.4, 0.5) is 0 Å². The molecule has 0 atom stereocenters. The van der Waals surface area contributed by atoms with Gasteiger partial charge in [0.25, 0.3) is 5.91 Å². The van der Waals surface area contributed by atoms with E-state index >= 15 is 0 Å². The Balaban J connectivity index is 1.74. The molecule has 1 amide bonds. The third kappa shape index (κ3) is 4.01. The number of carbonyl (C=O) groups excluding carboxylic acids is 1. The first-order chi connectivity index (χ1) is 11.6. The minimum absolute atomic E-state index is 0.0521. The van der Waals surface area contributed by atoms with Crippen LogP contribution in [0.3, 0.4) is 0 Å². The first-order valence-electron chi connectivity index (χ1n) is 7.93. The number of hydrogen-bond donors (Lipinski definition) is 1. The van der Waals surface area contributed by atoms with E-state index in [1.54, 1.807) is 19.2 Å². The molecular formula is C19H20ClNO3. The summed E-state index contributed by atoms with van der Waals surface area (Å²) in [5.74, 6) is 1.37. The Morgan fingerprint density at radius 3 is 2.71 bits per heavy atom. The number of rotatable bonds is 6. The Kier molecular flexibility index (Phi) is 4.95. The topological polar surface area (TPSA) is 47.6 Å². The van der Waals surface area contributed by atoms with E-state index in [1.165, 1.54) is 0 Å². The number of aryl methyl sites for hydroxylation is 1. The summed E-state index contributed by atoms with van der Waals surface area (Å²) in [5.41, 5.74) is 2.40. The Morgan fingerprint density at radius 2 is 2.04 bits per heavy atom. The van der Waals surface area contributed by atoms with E-state index in [2.05, 4.69) is 5.32 Å². The normalized spacial score (nSPS) is 13.5. The number of amides is 1. The maximum atomic E-state index is 12.2. The van der Waals surface area contributed by atoms with Crippen molar-refractivity contribution in [3.05, 3.63) is 58.1 Å². The quantitative estimate of drug-likeness (QED) is 0.856.